The van der Waals surface area contributed by atoms with Crippen molar-refractivity contribution in [3.63, 3.8) is 0 Å². The minimum Gasteiger partial charge on any atom is -0.508 e. The number of nitrogens with one attached hydrogen (secondary N) is 5. The Morgan fingerprint density at radius 3 is 2.05 bits per heavy atom. The maximum atomic E-state index is 16.3. The fourth-order valence-corrected chi connectivity index (χ4v) is 15.5. The van der Waals surface area contributed by atoms with Gasteiger partial charge in [-0.2, -0.15) is 0 Å². The quantitative estimate of drug-likeness (QED) is 0.0430. The molecule has 32 heteroatoms. The van der Waals surface area contributed by atoms with E-state index in [1.54, 1.807) is 20.8 Å². The first kappa shape index (κ1) is 81.4. The van der Waals surface area contributed by atoms with Crippen molar-refractivity contribution in [2.75, 3.05) is 6.61 Å². The lowest BCUT2D eigenvalue weighted by Crippen LogP contribution is -2.65. The van der Waals surface area contributed by atoms with Crippen LogP contribution in [0.3, 0.4) is 0 Å². The fourth-order valence-electron chi connectivity index (χ4n) is 15.1. The zero-order valence-electron chi connectivity index (χ0n) is 61.2. The van der Waals surface area contributed by atoms with Crippen molar-refractivity contribution in [3.05, 3.63) is 165 Å². The summed E-state index contributed by atoms with van der Waals surface area (Å²) in [6.45, 7) is 8.07. The van der Waals surface area contributed by atoms with Crippen molar-refractivity contribution in [2.24, 2.45) is 23.5 Å². The van der Waals surface area contributed by atoms with Gasteiger partial charge in [0.2, 0.25) is 47.8 Å². The van der Waals surface area contributed by atoms with E-state index >= 15 is 24.0 Å². The number of phenols is 3. The van der Waals surface area contributed by atoms with Crippen LogP contribution in [0.1, 0.15) is 137 Å². The molecule has 2 saturated heterocycles. The number of Topliss-reactive ketones (excluding diaryl/α,β-unsaturated/α-hetero) is 2. The standard InChI is InChI=1S/C80H86Cl2N6O24/c1-6-37(20-35(2)3)74(102)86-65-54(94)24-44(27-61(83)96)75(103)85-64-43-25-58(108-56-18-15-40(67(65)97)22-50(56)81)71(112-79-72(70(100)69(99)60(33-89)110-79)111-62-31-80(5,73(101)36(4)107-62)84-32-42-12-9-11-38-10-7-8-13-46(38)42)59(26-43)109-57-19-16-41(23-51(57)82)68(98)66-77(105)88-78(106-34-90)49-28-45(91)29-53(93)63(49)48-21-39(14-17-52(48)92)47(30-55(64)95)76(104)87-66/h7-19,21-23,25-26,28-29,34-37,44,47,60,62,64-70,72-73,78-79,84,89,91-93,97-101H,6,20,24,27,30-33H2,1-5H3,(H2,83,96)(H,85,103)(H,86,102)(H,87,104)(H,88,105)/t36?,37-,44+,47+,60-,62+,64-,65+,66+,67-,68-,69?,70?,72-,73-,78-,79?,80?/m1/s1. The predicted octanol–water partition coefficient (Wildman–Crippen LogP) is 6.55. The van der Waals surface area contributed by atoms with Crippen LogP contribution in [0.4, 0.5) is 0 Å². The molecule has 0 spiro atoms. The molecule has 7 aromatic carbocycles. The van der Waals surface area contributed by atoms with E-state index in [0.29, 0.717) is 12.8 Å². The molecular weight excluding hydrogens is 1500 g/mol. The molecule has 14 rings (SSSR count). The average molecular weight is 1590 g/mol. The third kappa shape index (κ3) is 17.3. The van der Waals surface area contributed by atoms with Crippen LogP contribution >= 0.6 is 23.2 Å². The topological polar surface area (TPSA) is 469 Å². The number of ketones is 2. The molecule has 594 valence electrons. The zero-order chi connectivity index (χ0) is 80.5. The van der Waals surface area contributed by atoms with Gasteiger partial charge in [-0.25, -0.2) is 0 Å². The number of phenolic OH excluding ortho intramolecular Hbond substituents is 3. The number of fused-ring (bicyclic) bond motifs is 16. The first-order chi connectivity index (χ1) is 53.3. The second-order valence-electron chi connectivity index (χ2n) is 29.3. The number of benzene rings is 7. The van der Waals surface area contributed by atoms with Crippen LogP contribution in [0.5, 0.6) is 46.0 Å². The molecule has 0 radical (unpaired) electrons. The molecule has 30 nitrogen and oxygen atoms in total. The molecule has 11 bridgehead atoms. The summed E-state index contributed by atoms with van der Waals surface area (Å²) in [5.74, 6) is -16.6. The molecule has 7 aliphatic rings. The summed E-state index contributed by atoms with van der Waals surface area (Å²) in [5, 5.41) is 121. The average Bonchev–Trinajstić information content (AvgIpc) is 0.768. The Balaban J connectivity index is 1.06. The molecule has 0 aromatic heterocycles. The molecule has 0 aliphatic carbocycles. The van der Waals surface area contributed by atoms with Crippen LogP contribution in [0.2, 0.25) is 10.0 Å². The van der Waals surface area contributed by atoms with Gasteiger partial charge in [-0.05, 0) is 126 Å². The summed E-state index contributed by atoms with van der Waals surface area (Å²) in [6.07, 6.45) is -21.5. The van der Waals surface area contributed by atoms with Crippen LogP contribution in [-0.2, 0) is 63.8 Å². The van der Waals surface area contributed by atoms with E-state index in [1.165, 1.54) is 36.4 Å². The smallest absolute Gasteiger partial charge is 0.295 e. The van der Waals surface area contributed by atoms with Crippen molar-refractivity contribution in [2.45, 2.75) is 177 Å². The lowest BCUT2D eigenvalue weighted by Gasteiger charge is -2.48. The third-order valence-corrected chi connectivity index (χ3v) is 21.6. The lowest BCUT2D eigenvalue weighted by atomic mass is 9.84. The number of aromatic hydroxyl groups is 3. The van der Waals surface area contributed by atoms with Crippen molar-refractivity contribution >= 4 is 81.5 Å². The van der Waals surface area contributed by atoms with Crippen LogP contribution in [0.25, 0.3) is 21.9 Å². The maximum absolute atomic E-state index is 16.3. The van der Waals surface area contributed by atoms with Gasteiger partial charge in [-0.3, -0.25) is 38.4 Å². The number of carbonyl (C=O) groups excluding carboxylic acids is 8. The number of primary amides is 1. The zero-order valence-corrected chi connectivity index (χ0v) is 62.7. The van der Waals surface area contributed by atoms with Gasteiger partial charge in [0.15, 0.2) is 35.5 Å². The molecule has 7 aliphatic heterocycles. The molecule has 5 unspecified atom stereocenters. The number of nitrogens with two attached hydrogens (primary N) is 1. The normalized spacial score (nSPS) is 27.8. The van der Waals surface area contributed by atoms with E-state index < -0.39 is 216 Å². The number of hydrogen-bond acceptors (Lipinski definition) is 25. The fraction of sp³-hybridized carbons (Fsp3) is 0.400. The lowest BCUT2D eigenvalue weighted by molar-refractivity contribution is -0.334. The van der Waals surface area contributed by atoms with Gasteiger partial charge in [0, 0.05) is 66.4 Å². The number of aliphatic hydroxyl groups is 6. The number of ether oxygens (including phenoxy) is 7. The van der Waals surface area contributed by atoms with Gasteiger partial charge in [-0.15, -0.1) is 0 Å². The first-order valence-electron chi connectivity index (χ1n) is 36.4. The molecule has 112 heavy (non-hydrogen) atoms. The number of aliphatic hydroxyl groups excluding tert-OH is 6. The highest BCUT2D eigenvalue weighted by Gasteiger charge is 2.52. The van der Waals surface area contributed by atoms with Gasteiger partial charge in [0.05, 0.1) is 40.7 Å². The second-order valence-corrected chi connectivity index (χ2v) is 30.1. The van der Waals surface area contributed by atoms with E-state index in [-0.39, 0.29) is 80.3 Å². The highest BCUT2D eigenvalue weighted by atomic mass is 35.5. The molecule has 7 heterocycles. The van der Waals surface area contributed by atoms with Crippen LogP contribution in [0, 0.1) is 17.8 Å². The van der Waals surface area contributed by atoms with E-state index in [9.17, 15) is 60.3 Å². The summed E-state index contributed by atoms with van der Waals surface area (Å²) in [5.41, 5.74) is 3.61. The molecule has 2 fully saturated rings. The second kappa shape index (κ2) is 34.1. The molecule has 5 amide bonds. The van der Waals surface area contributed by atoms with E-state index in [2.05, 4.69) is 26.6 Å². The summed E-state index contributed by atoms with van der Waals surface area (Å²) < 4.78 is 45.0. The SMILES string of the molecule is CC[C@H](CC(C)C)C(=O)N[C@H]1C(=O)C[C@@H](CC(N)=O)C(=O)N[C@H]2C(=O)C[C@@H]3C(=O)N[C@H](C(=O)N[C@H](OC=O)c4cc(O)cc(O)c4-c4cc3ccc4O)[C@H](O)c3ccc(c(Cl)c3)Oc3cc2cc(c3OC2O[C@H](CO)C(O)C(O)[C@H]2O[C@H]2CC(C)(NCc3cccc4ccccc34)[C@H](O)C(C)O2)Oc2ccc(cc2Cl)[C@H]1O. The molecule has 16 N–H and O–H groups in total. The van der Waals surface area contributed by atoms with Gasteiger partial charge in [0.25, 0.3) is 6.47 Å². The summed E-state index contributed by atoms with van der Waals surface area (Å²) in [6, 6.07) is 22.1. The Kier molecular flexibility index (Phi) is 24.8. The van der Waals surface area contributed by atoms with E-state index in [0.717, 1.165) is 58.8 Å². The minimum atomic E-state index is -2.18. The van der Waals surface area contributed by atoms with Gasteiger partial charge in [0.1, 0.15) is 77.4 Å². The molecular formula is C80H86Cl2N6O24. The molecule has 7 aromatic rings. The van der Waals surface area contributed by atoms with Crippen LogP contribution < -0.4 is 46.5 Å². The Bertz CT molecular complexity index is 4780. The van der Waals surface area contributed by atoms with Crippen molar-refractivity contribution < 1.29 is 117 Å². The predicted molar refractivity (Wildman–Crippen MR) is 399 cm³/mol. The Morgan fingerprint density at radius 2 is 1.40 bits per heavy atom. The first-order valence-corrected chi connectivity index (χ1v) is 37.1. The van der Waals surface area contributed by atoms with Crippen molar-refractivity contribution in [3.8, 4) is 57.1 Å². The van der Waals surface area contributed by atoms with Crippen LogP contribution in [0.15, 0.2) is 121 Å². The maximum Gasteiger partial charge on any atom is 0.295 e. The third-order valence-electron chi connectivity index (χ3n) is 21.0. The Hall–Kier alpha value is -10.1. The Labute approximate surface area is 651 Å². The summed E-state index contributed by atoms with van der Waals surface area (Å²) >= 11 is 14.4. The minimum absolute atomic E-state index is 0.0151. The number of halogens is 2. The number of rotatable bonds is 17. The van der Waals surface area contributed by atoms with Gasteiger partial charge in [-0.1, -0.05) is 105 Å². The summed E-state index contributed by atoms with van der Waals surface area (Å²) in [7, 11) is 0. The van der Waals surface area contributed by atoms with Crippen LogP contribution in [-0.4, -0.2) is 167 Å². The van der Waals surface area contributed by atoms with Gasteiger partial charge < -0.3 is 111 Å². The monoisotopic (exact) mass is 1580 g/mol. The van der Waals surface area contributed by atoms with E-state index in [4.69, 9.17) is 62.1 Å². The number of hydrogen-bond donors (Lipinski definition) is 15. The molecule has 18 atom stereocenters. The highest BCUT2D eigenvalue weighted by molar-refractivity contribution is 6.32. The largest absolute Gasteiger partial charge is 0.508 e. The summed E-state index contributed by atoms with van der Waals surface area (Å²) in [4.78, 5) is 117. The number of carbonyl (C=O) groups is 8. The highest BCUT2D eigenvalue weighted by Crippen LogP contribution is 2.51. The van der Waals surface area contributed by atoms with Crippen molar-refractivity contribution in [1.29, 1.82) is 0 Å². The molecule has 0 saturated carbocycles. The Morgan fingerprint density at radius 1 is 0.732 bits per heavy atom. The van der Waals surface area contributed by atoms with E-state index in [1.807, 2.05) is 56.3 Å². The number of amides is 5. The van der Waals surface area contributed by atoms with Gasteiger partial charge >= 0.3 is 0 Å². The van der Waals surface area contributed by atoms with Crippen molar-refractivity contribution in [1.82, 2.24) is 26.6 Å².